The van der Waals surface area contributed by atoms with E-state index in [2.05, 4.69) is 41.4 Å². The van der Waals surface area contributed by atoms with Crippen LogP contribution in [-0.2, 0) is 24.0 Å². The predicted molar refractivity (Wildman–Crippen MR) is 128 cm³/mol. The van der Waals surface area contributed by atoms with Crippen LogP contribution in [0.1, 0.15) is 60.8 Å². The van der Waals surface area contributed by atoms with Crippen LogP contribution >= 0.6 is 0 Å². The molecule has 0 bridgehead atoms. The molecule has 9 heteroatoms. The van der Waals surface area contributed by atoms with Gasteiger partial charge in [0.15, 0.2) is 0 Å². The van der Waals surface area contributed by atoms with Crippen LogP contribution in [0.3, 0.4) is 0 Å². The minimum absolute atomic E-state index is 0.239. The largest absolute Gasteiger partial charge is 0.374 e. The molecule has 1 fully saturated rings. The summed E-state index contributed by atoms with van der Waals surface area (Å²) in [6, 6.07) is -0.240. The second-order valence-corrected chi connectivity index (χ2v) is 8.66. The van der Waals surface area contributed by atoms with E-state index < -0.39 is 5.91 Å². The Morgan fingerprint density at radius 3 is 2.48 bits per heavy atom. The number of nitrogens with one attached hydrogen (secondary N) is 2. The molecule has 0 spiro atoms. The number of piperidine rings is 1. The summed E-state index contributed by atoms with van der Waals surface area (Å²) in [5, 5.41) is 3.04. The predicted octanol–water partition coefficient (Wildman–Crippen LogP) is 2.53. The highest BCUT2D eigenvalue weighted by Gasteiger charge is 2.33. The molecule has 0 aliphatic carbocycles. The first-order valence-electron chi connectivity index (χ1n) is 11.5. The number of likely N-dealkylation sites (tertiary alicyclic amines) is 1. The van der Waals surface area contributed by atoms with Crippen molar-refractivity contribution in [2.75, 3.05) is 26.8 Å². The SMILES string of the molecule is CC/C(C)=C(C)/N=C(\C)C(=O)NC1CCN(C(=O)/C=C/C(=O)NOC)CC1OCCC(C)C. The van der Waals surface area contributed by atoms with Crippen molar-refractivity contribution in [2.24, 2.45) is 10.9 Å². The lowest BCUT2D eigenvalue weighted by molar-refractivity contribution is -0.132. The van der Waals surface area contributed by atoms with E-state index in [9.17, 15) is 14.4 Å². The van der Waals surface area contributed by atoms with Crippen molar-refractivity contribution < 1.29 is 24.0 Å². The molecular formula is C24H40N4O5. The first-order valence-corrected chi connectivity index (χ1v) is 11.5. The van der Waals surface area contributed by atoms with E-state index in [1.807, 2.05) is 13.8 Å². The Hall–Kier alpha value is -2.52. The molecule has 0 radical (unpaired) electrons. The van der Waals surface area contributed by atoms with Gasteiger partial charge in [-0.15, -0.1) is 0 Å². The first-order chi connectivity index (χ1) is 15.6. The number of carbonyl (C=O) groups excluding carboxylic acids is 3. The molecule has 1 aliphatic heterocycles. The van der Waals surface area contributed by atoms with Crippen LogP contribution in [0.4, 0.5) is 0 Å². The molecule has 0 aromatic rings. The van der Waals surface area contributed by atoms with E-state index in [1.165, 1.54) is 13.2 Å². The van der Waals surface area contributed by atoms with E-state index in [4.69, 9.17) is 4.74 Å². The van der Waals surface area contributed by atoms with E-state index >= 15 is 0 Å². The molecule has 0 aromatic carbocycles. The smallest absolute Gasteiger partial charge is 0.267 e. The van der Waals surface area contributed by atoms with Gasteiger partial charge in [0.25, 0.3) is 11.8 Å². The maximum absolute atomic E-state index is 12.8. The molecule has 0 aromatic heterocycles. The third kappa shape index (κ3) is 10.3. The summed E-state index contributed by atoms with van der Waals surface area (Å²) in [6.45, 7) is 13.2. The Kier molecular flexibility index (Phi) is 12.6. The lowest BCUT2D eigenvalue weighted by atomic mass is 10.0. The van der Waals surface area contributed by atoms with Crippen molar-refractivity contribution >= 4 is 23.4 Å². The third-order valence-electron chi connectivity index (χ3n) is 5.61. The van der Waals surface area contributed by atoms with Gasteiger partial charge in [0.2, 0.25) is 5.91 Å². The van der Waals surface area contributed by atoms with Gasteiger partial charge >= 0.3 is 0 Å². The lowest BCUT2D eigenvalue weighted by Gasteiger charge is -2.38. The number of aliphatic imine (C=N–C) groups is 1. The first kappa shape index (κ1) is 28.5. The zero-order chi connectivity index (χ0) is 25.0. The van der Waals surface area contributed by atoms with Crippen molar-refractivity contribution in [3.05, 3.63) is 23.4 Å². The van der Waals surface area contributed by atoms with Crippen molar-refractivity contribution in [1.82, 2.24) is 15.7 Å². The van der Waals surface area contributed by atoms with E-state index in [0.717, 1.165) is 30.2 Å². The van der Waals surface area contributed by atoms with Gasteiger partial charge in [0, 0.05) is 37.5 Å². The molecule has 2 atom stereocenters. The van der Waals surface area contributed by atoms with Gasteiger partial charge < -0.3 is 15.0 Å². The summed E-state index contributed by atoms with van der Waals surface area (Å²) < 4.78 is 6.09. The van der Waals surface area contributed by atoms with Crippen molar-refractivity contribution in [3.63, 3.8) is 0 Å². The molecular weight excluding hydrogens is 424 g/mol. The number of hydrogen-bond acceptors (Lipinski definition) is 6. The highest BCUT2D eigenvalue weighted by molar-refractivity contribution is 6.38. The standard InChI is InChI=1S/C24H40N4O5/c1-8-17(4)18(5)25-19(6)24(31)26-20-11-13-28(15-21(20)33-14-12-16(2)3)23(30)10-9-22(29)27-32-7/h9-10,16,20-21H,8,11-15H2,1-7H3,(H,26,31)(H,27,29)/b10-9+,18-17+,25-19+. The van der Waals surface area contributed by atoms with Crippen molar-refractivity contribution in [1.29, 1.82) is 0 Å². The zero-order valence-corrected chi connectivity index (χ0v) is 21.1. The van der Waals surface area contributed by atoms with E-state index in [-0.39, 0.29) is 24.0 Å². The molecule has 1 rings (SSSR count). The fraction of sp³-hybridized carbons (Fsp3) is 0.667. The number of carbonyl (C=O) groups is 3. The normalized spacial score (nSPS) is 20.1. The Morgan fingerprint density at radius 2 is 1.88 bits per heavy atom. The molecule has 3 amide bonds. The Balaban J connectivity index is 2.88. The summed E-state index contributed by atoms with van der Waals surface area (Å²) in [7, 11) is 1.32. The van der Waals surface area contributed by atoms with Crippen LogP contribution in [0.15, 0.2) is 28.4 Å². The topological polar surface area (TPSA) is 109 Å². The van der Waals surface area contributed by atoms with Gasteiger partial charge in [0.1, 0.15) is 5.71 Å². The number of rotatable bonds is 11. The van der Waals surface area contributed by atoms with Gasteiger partial charge in [-0.25, -0.2) is 5.48 Å². The van der Waals surface area contributed by atoms with Crippen LogP contribution in [0.25, 0.3) is 0 Å². The van der Waals surface area contributed by atoms with Crippen LogP contribution in [0.5, 0.6) is 0 Å². The second kappa shape index (κ2) is 14.6. The molecule has 1 heterocycles. The Bertz CT molecular complexity index is 773. The second-order valence-electron chi connectivity index (χ2n) is 8.66. The fourth-order valence-electron chi connectivity index (χ4n) is 3.22. The van der Waals surface area contributed by atoms with Gasteiger partial charge in [0.05, 0.1) is 19.3 Å². The highest BCUT2D eigenvalue weighted by Crippen LogP contribution is 2.17. The minimum Gasteiger partial charge on any atom is -0.374 e. The maximum Gasteiger partial charge on any atom is 0.267 e. The summed E-state index contributed by atoms with van der Waals surface area (Å²) in [6.07, 6.45) is 4.28. The Morgan fingerprint density at radius 1 is 1.18 bits per heavy atom. The van der Waals surface area contributed by atoms with Crippen molar-refractivity contribution in [3.8, 4) is 0 Å². The summed E-state index contributed by atoms with van der Waals surface area (Å²) in [5.41, 5.74) is 4.51. The molecule has 1 aliphatic rings. The van der Waals surface area contributed by atoms with Gasteiger partial charge in [-0.1, -0.05) is 26.3 Å². The average Bonchev–Trinajstić information content (AvgIpc) is 2.77. The van der Waals surface area contributed by atoms with Crippen LogP contribution in [-0.4, -0.2) is 67.3 Å². The van der Waals surface area contributed by atoms with Crippen molar-refractivity contribution in [2.45, 2.75) is 73.0 Å². The number of amides is 3. The van der Waals surface area contributed by atoms with Gasteiger partial charge in [-0.2, -0.15) is 0 Å². The quantitative estimate of drug-likeness (QED) is 0.277. The lowest BCUT2D eigenvalue weighted by Crippen LogP contribution is -2.57. The molecule has 2 unspecified atom stereocenters. The van der Waals surface area contributed by atoms with Crippen LogP contribution in [0.2, 0.25) is 0 Å². The van der Waals surface area contributed by atoms with E-state index in [1.54, 1.807) is 11.8 Å². The molecule has 1 saturated heterocycles. The van der Waals surface area contributed by atoms with Crippen LogP contribution in [0, 0.1) is 5.92 Å². The minimum atomic E-state index is -0.518. The van der Waals surface area contributed by atoms with Gasteiger partial charge in [-0.05, 0) is 46.0 Å². The summed E-state index contributed by atoms with van der Waals surface area (Å²) >= 11 is 0. The fourth-order valence-corrected chi connectivity index (χ4v) is 3.22. The number of allylic oxidation sites excluding steroid dienone is 2. The number of hydroxylamine groups is 1. The summed E-state index contributed by atoms with van der Waals surface area (Å²) in [5.74, 6) is -0.573. The molecule has 186 valence electrons. The molecule has 33 heavy (non-hydrogen) atoms. The highest BCUT2D eigenvalue weighted by atomic mass is 16.6. The molecule has 9 nitrogen and oxygen atoms in total. The molecule has 0 saturated carbocycles. The molecule has 2 N–H and O–H groups in total. The monoisotopic (exact) mass is 464 g/mol. The number of ether oxygens (including phenoxy) is 1. The zero-order valence-electron chi connectivity index (χ0n) is 21.1. The average molecular weight is 465 g/mol. The van der Waals surface area contributed by atoms with E-state index in [0.29, 0.717) is 37.7 Å². The number of hydrogen-bond donors (Lipinski definition) is 2. The summed E-state index contributed by atoms with van der Waals surface area (Å²) in [4.78, 5) is 47.4. The number of nitrogens with zero attached hydrogens (tertiary/aromatic N) is 2. The third-order valence-corrected chi connectivity index (χ3v) is 5.61. The maximum atomic E-state index is 12.8. The van der Waals surface area contributed by atoms with Crippen LogP contribution < -0.4 is 10.8 Å². The van der Waals surface area contributed by atoms with Gasteiger partial charge in [-0.3, -0.25) is 24.2 Å². The Labute approximate surface area is 197 Å².